The van der Waals surface area contributed by atoms with Crippen molar-refractivity contribution in [3.63, 3.8) is 0 Å². The van der Waals surface area contributed by atoms with Gasteiger partial charge in [0.05, 0.1) is 11.5 Å². The minimum absolute atomic E-state index is 0.0310. The molecule has 1 aromatic carbocycles. The van der Waals surface area contributed by atoms with Crippen LogP contribution >= 0.6 is 0 Å². The summed E-state index contributed by atoms with van der Waals surface area (Å²) in [6, 6.07) is 2.90. The zero-order chi connectivity index (χ0) is 16.2. The summed E-state index contributed by atoms with van der Waals surface area (Å²) in [6.07, 6.45) is 0. The van der Waals surface area contributed by atoms with Crippen LogP contribution in [0.15, 0.2) is 18.2 Å². The molecule has 0 saturated heterocycles. The molecule has 114 valence electrons. The number of carbonyl (C=O) groups is 2. The van der Waals surface area contributed by atoms with Crippen molar-refractivity contribution < 1.29 is 18.9 Å². The second kappa shape index (κ2) is 6.78. The van der Waals surface area contributed by atoms with Gasteiger partial charge in [-0.3, -0.25) is 19.7 Å². The average Bonchev–Trinajstić information content (AvgIpc) is 2.43. The van der Waals surface area contributed by atoms with Crippen LogP contribution in [0.4, 0.5) is 10.1 Å². The van der Waals surface area contributed by atoms with Gasteiger partial charge < -0.3 is 9.80 Å². The molecule has 1 aromatic rings. The minimum Gasteiger partial charge on any atom is -0.347 e. The Morgan fingerprint density at radius 3 is 2.43 bits per heavy atom. The lowest BCUT2D eigenvalue weighted by molar-refractivity contribution is -0.387. The summed E-state index contributed by atoms with van der Waals surface area (Å²) in [4.78, 5) is 36.2. The summed E-state index contributed by atoms with van der Waals surface area (Å²) in [5.41, 5.74) is -0.799. The van der Waals surface area contributed by atoms with E-state index in [0.29, 0.717) is 0 Å². The maximum Gasteiger partial charge on any atom is 0.305 e. The molecule has 0 heterocycles. The van der Waals surface area contributed by atoms with Crippen LogP contribution in [-0.4, -0.2) is 53.7 Å². The number of nitrogens with zero attached hydrogens (tertiary/aromatic N) is 3. The summed E-state index contributed by atoms with van der Waals surface area (Å²) in [5, 5.41) is 10.7. The van der Waals surface area contributed by atoms with Crippen molar-refractivity contribution in [3.05, 3.63) is 39.7 Å². The first-order valence-electron chi connectivity index (χ1n) is 6.21. The molecule has 0 saturated carbocycles. The number of benzene rings is 1. The van der Waals surface area contributed by atoms with E-state index >= 15 is 0 Å². The summed E-state index contributed by atoms with van der Waals surface area (Å²) >= 11 is 0. The third-order valence-electron chi connectivity index (χ3n) is 2.88. The number of hydrogen-bond donors (Lipinski definition) is 0. The SMILES string of the molecule is CCN(CC(=O)N(C)C)C(=O)c1ccc(F)c([N+](=O)[O-])c1. The molecule has 0 bridgehead atoms. The lowest BCUT2D eigenvalue weighted by Crippen LogP contribution is -2.40. The number of carbonyl (C=O) groups excluding carboxylic acids is 2. The van der Waals surface area contributed by atoms with E-state index in [1.165, 1.54) is 9.80 Å². The summed E-state index contributed by atoms with van der Waals surface area (Å²) in [5.74, 6) is -1.85. The minimum atomic E-state index is -1.01. The maximum atomic E-state index is 13.3. The normalized spacial score (nSPS) is 10.1. The molecule has 8 heteroatoms. The zero-order valence-corrected chi connectivity index (χ0v) is 12.0. The Bertz CT molecular complexity index is 575. The van der Waals surface area contributed by atoms with Gasteiger partial charge >= 0.3 is 5.69 Å². The van der Waals surface area contributed by atoms with E-state index in [9.17, 15) is 24.1 Å². The number of likely N-dealkylation sites (N-methyl/N-ethyl adjacent to an activating group) is 2. The van der Waals surface area contributed by atoms with Crippen LogP contribution < -0.4 is 0 Å². The largest absolute Gasteiger partial charge is 0.347 e. The topological polar surface area (TPSA) is 83.8 Å². The van der Waals surface area contributed by atoms with E-state index in [1.54, 1.807) is 21.0 Å². The van der Waals surface area contributed by atoms with Crippen molar-refractivity contribution in [2.75, 3.05) is 27.2 Å². The lowest BCUT2D eigenvalue weighted by Gasteiger charge is -2.22. The van der Waals surface area contributed by atoms with Crippen molar-refractivity contribution >= 4 is 17.5 Å². The molecule has 0 N–H and O–H groups in total. The van der Waals surface area contributed by atoms with Gasteiger partial charge in [0.1, 0.15) is 0 Å². The van der Waals surface area contributed by atoms with E-state index in [-0.39, 0.29) is 24.6 Å². The molecular weight excluding hydrogens is 281 g/mol. The molecule has 2 amide bonds. The molecule has 0 radical (unpaired) electrons. The molecule has 0 unspecified atom stereocenters. The van der Waals surface area contributed by atoms with E-state index < -0.39 is 22.3 Å². The van der Waals surface area contributed by atoms with Crippen LogP contribution in [0.5, 0.6) is 0 Å². The summed E-state index contributed by atoms with van der Waals surface area (Å²) < 4.78 is 13.3. The third kappa shape index (κ3) is 3.98. The fourth-order valence-corrected chi connectivity index (χ4v) is 1.60. The molecule has 0 aliphatic carbocycles. The molecule has 0 atom stereocenters. The Labute approximate surface area is 121 Å². The first-order chi connectivity index (χ1) is 9.77. The summed E-state index contributed by atoms with van der Waals surface area (Å²) in [7, 11) is 3.12. The number of hydrogen-bond acceptors (Lipinski definition) is 4. The van der Waals surface area contributed by atoms with Crippen LogP contribution in [0.1, 0.15) is 17.3 Å². The number of halogens is 1. The first kappa shape index (κ1) is 16.5. The van der Waals surface area contributed by atoms with Crippen molar-refractivity contribution in [1.29, 1.82) is 0 Å². The van der Waals surface area contributed by atoms with Gasteiger partial charge in [0, 0.05) is 32.3 Å². The Morgan fingerprint density at radius 1 is 1.33 bits per heavy atom. The van der Waals surface area contributed by atoms with Gasteiger partial charge in [-0.2, -0.15) is 4.39 Å². The zero-order valence-electron chi connectivity index (χ0n) is 12.0. The summed E-state index contributed by atoms with van der Waals surface area (Å²) in [6.45, 7) is 1.79. The fourth-order valence-electron chi connectivity index (χ4n) is 1.60. The van der Waals surface area contributed by atoms with E-state index in [1.807, 2.05) is 0 Å². The molecular formula is C13H16FN3O4. The highest BCUT2D eigenvalue weighted by Gasteiger charge is 2.22. The standard InChI is InChI=1S/C13H16FN3O4/c1-4-16(8-12(18)15(2)3)13(19)9-5-6-10(14)11(7-9)17(20)21/h5-7H,4,8H2,1-3H3. The number of amides is 2. The van der Waals surface area contributed by atoms with Gasteiger partial charge in [0.15, 0.2) is 0 Å². The number of nitro benzene ring substituents is 1. The molecule has 0 spiro atoms. The monoisotopic (exact) mass is 297 g/mol. The van der Waals surface area contributed by atoms with Crippen LogP contribution in [-0.2, 0) is 4.79 Å². The van der Waals surface area contributed by atoms with Crippen molar-refractivity contribution in [2.24, 2.45) is 0 Å². The second-order valence-corrected chi connectivity index (χ2v) is 4.53. The molecule has 0 fully saturated rings. The van der Waals surface area contributed by atoms with Gasteiger partial charge in [-0.1, -0.05) is 0 Å². The fraction of sp³-hybridized carbons (Fsp3) is 0.385. The van der Waals surface area contributed by atoms with Gasteiger partial charge in [-0.05, 0) is 19.1 Å². The lowest BCUT2D eigenvalue weighted by atomic mass is 10.1. The van der Waals surface area contributed by atoms with E-state index in [2.05, 4.69) is 0 Å². The number of nitro groups is 1. The molecule has 7 nitrogen and oxygen atoms in total. The molecule has 0 aromatic heterocycles. The Balaban J connectivity index is 3.03. The van der Waals surface area contributed by atoms with Crippen LogP contribution in [0, 0.1) is 15.9 Å². The predicted octanol–water partition coefficient (Wildman–Crippen LogP) is 1.28. The molecule has 0 aliphatic rings. The van der Waals surface area contributed by atoms with Crippen LogP contribution in [0.2, 0.25) is 0 Å². The van der Waals surface area contributed by atoms with Crippen molar-refractivity contribution in [3.8, 4) is 0 Å². The van der Waals surface area contributed by atoms with E-state index in [4.69, 9.17) is 0 Å². The van der Waals surface area contributed by atoms with Crippen LogP contribution in [0.25, 0.3) is 0 Å². The Hall–Kier alpha value is -2.51. The van der Waals surface area contributed by atoms with Crippen molar-refractivity contribution in [1.82, 2.24) is 9.80 Å². The third-order valence-corrected chi connectivity index (χ3v) is 2.88. The quantitative estimate of drug-likeness (QED) is 0.605. The van der Waals surface area contributed by atoms with Gasteiger partial charge in [0.2, 0.25) is 11.7 Å². The average molecular weight is 297 g/mol. The Morgan fingerprint density at radius 2 is 1.95 bits per heavy atom. The van der Waals surface area contributed by atoms with Crippen molar-refractivity contribution in [2.45, 2.75) is 6.92 Å². The first-order valence-corrected chi connectivity index (χ1v) is 6.21. The predicted molar refractivity (Wildman–Crippen MR) is 73.3 cm³/mol. The van der Waals surface area contributed by atoms with E-state index in [0.717, 1.165) is 18.2 Å². The highest BCUT2D eigenvalue weighted by atomic mass is 19.1. The number of rotatable bonds is 5. The van der Waals surface area contributed by atoms with Gasteiger partial charge in [0.25, 0.3) is 5.91 Å². The highest BCUT2D eigenvalue weighted by Crippen LogP contribution is 2.19. The smallest absolute Gasteiger partial charge is 0.305 e. The Kier molecular flexibility index (Phi) is 5.34. The van der Waals surface area contributed by atoms with Gasteiger partial charge in [-0.25, -0.2) is 0 Å². The second-order valence-electron chi connectivity index (χ2n) is 4.53. The highest BCUT2D eigenvalue weighted by molar-refractivity contribution is 5.97. The van der Waals surface area contributed by atoms with Crippen LogP contribution in [0.3, 0.4) is 0 Å². The molecule has 0 aliphatic heterocycles. The van der Waals surface area contributed by atoms with Gasteiger partial charge in [-0.15, -0.1) is 0 Å². The molecule has 21 heavy (non-hydrogen) atoms. The maximum absolute atomic E-state index is 13.3. The molecule has 1 rings (SSSR count).